The van der Waals surface area contributed by atoms with Crippen LogP contribution in [0.3, 0.4) is 0 Å². The first kappa shape index (κ1) is 20.7. The number of ether oxygens (including phenoxy) is 1. The van der Waals surface area contributed by atoms with Crippen LogP contribution in [0, 0.1) is 0 Å². The molecular formula is C21H20ClN3O3S. The van der Waals surface area contributed by atoms with Crippen LogP contribution < -0.4 is 15.5 Å². The Morgan fingerprint density at radius 1 is 0.966 bits per heavy atom. The Labute approximate surface area is 178 Å². The molecule has 3 aromatic rings. The fraction of sp³-hybridized carbons (Fsp3) is 0.143. The lowest BCUT2D eigenvalue weighted by Gasteiger charge is -2.18. The van der Waals surface area contributed by atoms with Crippen LogP contribution in [0.5, 0.6) is 0 Å². The van der Waals surface area contributed by atoms with Gasteiger partial charge < -0.3 is 15.0 Å². The first-order chi connectivity index (χ1) is 13.9. The molecule has 0 saturated heterocycles. The van der Waals surface area contributed by atoms with Gasteiger partial charge in [-0.25, -0.2) is 4.79 Å². The largest absolute Gasteiger partial charge is 0.431 e. The first-order valence-corrected chi connectivity index (χ1v) is 9.98. The van der Waals surface area contributed by atoms with Crippen molar-refractivity contribution in [3.8, 4) is 0 Å². The van der Waals surface area contributed by atoms with E-state index in [0.29, 0.717) is 20.6 Å². The van der Waals surface area contributed by atoms with Crippen molar-refractivity contribution in [1.82, 2.24) is 0 Å². The highest BCUT2D eigenvalue weighted by atomic mass is 35.5. The number of rotatable bonds is 6. The van der Waals surface area contributed by atoms with Crippen LogP contribution >= 0.6 is 22.9 Å². The minimum absolute atomic E-state index is 0.451. The Kier molecular flexibility index (Phi) is 6.74. The minimum Gasteiger partial charge on any atom is -0.431 e. The lowest BCUT2D eigenvalue weighted by Crippen LogP contribution is -2.27. The molecule has 2 amide bonds. The van der Waals surface area contributed by atoms with Crippen LogP contribution in [0.2, 0.25) is 4.34 Å². The quantitative estimate of drug-likeness (QED) is 0.550. The van der Waals surface area contributed by atoms with Gasteiger partial charge in [-0.15, -0.1) is 11.3 Å². The van der Waals surface area contributed by atoms with Gasteiger partial charge in [-0.3, -0.25) is 10.1 Å². The second kappa shape index (κ2) is 9.45. The van der Waals surface area contributed by atoms with Gasteiger partial charge in [-0.2, -0.15) is 0 Å². The van der Waals surface area contributed by atoms with Gasteiger partial charge in [0.1, 0.15) is 0 Å². The second-order valence-electron chi connectivity index (χ2n) is 6.36. The van der Waals surface area contributed by atoms with Gasteiger partial charge in [0, 0.05) is 31.0 Å². The molecule has 0 spiro atoms. The molecule has 2 aromatic carbocycles. The summed E-state index contributed by atoms with van der Waals surface area (Å²) in [5, 5.41) is 5.92. The van der Waals surface area contributed by atoms with Crippen molar-refractivity contribution in [1.29, 1.82) is 0 Å². The van der Waals surface area contributed by atoms with Crippen LogP contribution in [0.4, 0.5) is 21.2 Å². The van der Waals surface area contributed by atoms with Crippen molar-refractivity contribution in [3.05, 3.63) is 76.6 Å². The van der Waals surface area contributed by atoms with E-state index in [2.05, 4.69) is 10.6 Å². The molecular weight excluding hydrogens is 410 g/mol. The number of halogens is 1. The summed E-state index contributed by atoms with van der Waals surface area (Å²) >= 11 is 7.08. The minimum atomic E-state index is -1.11. The average molecular weight is 430 g/mol. The highest BCUT2D eigenvalue weighted by Crippen LogP contribution is 2.27. The molecule has 1 heterocycles. The number of benzene rings is 2. The van der Waals surface area contributed by atoms with E-state index in [-0.39, 0.29) is 0 Å². The Morgan fingerprint density at radius 3 is 2.24 bits per heavy atom. The van der Waals surface area contributed by atoms with Gasteiger partial charge in [-0.05, 0) is 36.4 Å². The third-order valence-electron chi connectivity index (χ3n) is 4.02. The van der Waals surface area contributed by atoms with Crippen molar-refractivity contribution in [2.45, 2.75) is 6.10 Å². The lowest BCUT2D eigenvalue weighted by atomic mass is 10.1. The summed E-state index contributed by atoms with van der Waals surface area (Å²) in [5.41, 5.74) is 2.18. The van der Waals surface area contributed by atoms with E-state index in [9.17, 15) is 9.59 Å². The standard InChI is InChI=1S/C21H20ClN3O3S/c1-25(2)16-10-8-15(9-11-16)23-20(26)19(14-6-4-3-5-7-14)28-21(27)24-18-13-12-17(22)29-18/h3-13,19H,1-2H3,(H,23,26)(H,24,27)/t19-/m1/s1. The number of hydrogen-bond donors (Lipinski definition) is 2. The number of amides is 2. The van der Waals surface area contributed by atoms with Gasteiger partial charge in [0.15, 0.2) is 0 Å². The maximum atomic E-state index is 12.9. The molecule has 0 aliphatic rings. The van der Waals surface area contributed by atoms with Gasteiger partial charge in [-0.1, -0.05) is 41.9 Å². The number of nitrogens with zero attached hydrogens (tertiary/aromatic N) is 1. The molecule has 0 aliphatic carbocycles. The molecule has 1 atom stereocenters. The molecule has 3 rings (SSSR count). The van der Waals surface area contributed by atoms with Crippen molar-refractivity contribution >= 4 is 51.3 Å². The highest BCUT2D eigenvalue weighted by Gasteiger charge is 2.25. The summed E-state index contributed by atoms with van der Waals surface area (Å²) in [6.45, 7) is 0. The highest BCUT2D eigenvalue weighted by molar-refractivity contribution is 7.20. The fourth-order valence-corrected chi connectivity index (χ4v) is 3.50. The predicted octanol–water partition coefficient (Wildman–Crippen LogP) is 5.40. The Bertz CT molecular complexity index is 974. The molecule has 0 radical (unpaired) electrons. The number of carbonyl (C=O) groups is 2. The van der Waals surface area contributed by atoms with Crippen LogP contribution in [-0.2, 0) is 9.53 Å². The SMILES string of the molecule is CN(C)c1ccc(NC(=O)[C@H](OC(=O)Nc2ccc(Cl)s2)c2ccccc2)cc1. The molecule has 8 heteroatoms. The van der Waals surface area contributed by atoms with E-state index < -0.39 is 18.1 Å². The molecule has 0 fully saturated rings. The average Bonchev–Trinajstić information content (AvgIpc) is 3.11. The van der Waals surface area contributed by atoms with Crippen molar-refractivity contribution < 1.29 is 14.3 Å². The summed E-state index contributed by atoms with van der Waals surface area (Å²) in [5.74, 6) is -0.451. The van der Waals surface area contributed by atoms with Gasteiger partial charge in [0.05, 0.1) is 9.34 Å². The third-order valence-corrected chi connectivity index (χ3v) is 5.16. The van der Waals surface area contributed by atoms with E-state index in [1.165, 1.54) is 11.3 Å². The van der Waals surface area contributed by atoms with Crippen LogP contribution in [0.15, 0.2) is 66.7 Å². The molecule has 1 aromatic heterocycles. The topological polar surface area (TPSA) is 70.7 Å². The Morgan fingerprint density at radius 2 is 1.66 bits per heavy atom. The number of anilines is 3. The normalized spacial score (nSPS) is 11.4. The molecule has 6 nitrogen and oxygen atoms in total. The zero-order valence-corrected chi connectivity index (χ0v) is 17.5. The van der Waals surface area contributed by atoms with Crippen LogP contribution in [-0.4, -0.2) is 26.1 Å². The van der Waals surface area contributed by atoms with E-state index in [0.717, 1.165) is 5.69 Å². The number of hydrogen-bond acceptors (Lipinski definition) is 5. The van der Waals surface area contributed by atoms with Gasteiger partial charge in [0.25, 0.3) is 5.91 Å². The maximum Gasteiger partial charge on any atom is 0.413 e. The maximum absolute atomic E-state index is 12.9. The van der Waals surface area contributed by atoms with Crippen LogP contribution in [0.25, 0.3) is 0 Å². The number of carbonyl (C=O) groups excluding carboxylic acids is 2. The van der Waals surface area contributed by atoms with E-state index in [1.54, 1.807) is 48.5 Å². The summed E-state index contributed by atoms with van der Waals surface area (Å²) in [7, 11) is 3.87. The summed E-state index contributed by atoms with van der Waals surface area (Å²) in [6, 6.07) is 19.5. The smallest absolute Gasteiger partial charge is 0.413 e. The Hall–Kier alpha value is -3.03. The molecule has 0 unspecified atom stereocenters. The fourth-order valence-electron chi connectivity index (χ4n) is 2.57. The summed E-state index contributed by atoms with van der Waals surface area (Å²) < 4.78 is 5.98. The zero-order chi connectivity index (χ0) is 20.8. The molecule has 2 N–H and O–H groups in total. The number of thiophene rings is 1. The van der Waals surface area contributed by atoms with Crippen LogP contribution in [0.1, 0.15) is 11.7 Å². The van der Waals surface area contributed by atoms with Crippen molar-refractivity contribution in [2.75, 3.05) is 29.6 Å². The first-order valence-electron chi connectivity index (χ1n) is 8.78. The second-order valence-corrected chi connectivity index (χ2v) is 8.07. The molecule has 29 heavy (non-hydrogen) atoms. The number of nitrogens with one attached hydrogen (secondary N) is 2. The molecule has 0 saturated carbocycles. The zero-order valence-electron chi connectivity index (χ0n) is 15.9. The third kappa shape index (κ3) is 5.73. The van der Waals surface area contributed by atoms with Gasteiger partial charge >= 0.3 is 6.09 Å². The van der Waals surface area contributed by atoms with E-state index >= 15 is 0 Å². The van der Waals surface area contributed by atoms with Crippen molar-refractivity contribution in [3.63, 3.8) is 0 Å². The molecule has 0 aliphatic heterocycles. The summed E-state index contributed by atoms with van der Waals surface area (Å²) in [4.78, 5) is 27.2. The Balaban J connectivity index is 1.74. The summed E-state index contributed by atoms with van der Waals surface area (Å²) in [6.07, 6.45) is -1.85. The van der Waals surface area contributed by atoms with Gasteiger partial charge in [0.2, 0.25) is 6.10 Å². The predicted molar refractivity (Wildman–Crippen MR) is 118 cm³/mol. The molecule has 0 bridgehead atoms. The molecule has 150 valence electrons. The van der Waals surface area contributed by atoms with E-state index in [1.807, 2.05) is 37.2 Å². The van der Waals surface area contributed by atoms with Crippen molar-refractivity contribution in [2.24, 2.45) is 0 Å². The van der Waals surface area contributed by atoms with E-state index in [4.69, 9.17) is 16.3 Å². The lowest BCUT2D eigenvalue weighted by molar-refractivity contribution is -0.124. The monoisotopic (exact) mass is 429 g/mol.